The Morgan fingerprint density at radius 3 is 2.87 bits per heavy atom. The molecule has 0 atom stereocenters. The fraction of sp³-hybridized carbons (Fsp3) is 0.273. The van der Waals surface area contributed by atoms with Crippen LogP contribution in [0.5, 0.6) is 5.75 Å². The topological polar surface area (TPSA) is 59.0 Å². The third-order valence-corrected chi connectivity index (χ3v) is 2.08. The van der Waals surface area contributed by atoms with Gasteiger partial charge in [-0.3, -0.25) is 0 Å². The predicted molar refractivity (Wildman–Crippen MR) is 62.8 cm³/mol. The second-order valence-corrected chi connectivity index (χ2v) is 3.48. The van der Waals surface area contributed by atoms with Gasteiger partial charge >= 0.3 is 0 Å². The summed E-state index contributed by atoms with van der Waals surface area (Å²) in [5.41, 5.74) is 6.62. The van der Waals surface area contributed by atoms with Crippen molar-refractivity contribution in [3.8, 4) is 11.8 Å². The maximum atomic E-state index is 8.91. The first-order valence-electron chi connectivity index (χ1n) is 4.65. The first-order chi connectivity index (χ1) is 7.19. The van der Waals surface area contributed by atoms with E-state index in [4.69, 9.17) is 28.0 Å². The third kappa shape index (κ3) is 2.93. The van der Waals surface area contributed by atoms with Crippen molar-refractivity contribution in [1.29, 1.82) is 5.26 Å². The lowest BCUT2D eigenvalue weighted by Gasteiger charge is -2.07. The number of nitriles is 1. The van der Waals surface area contributed by atoms with Gasteiger partial charge in [-0.1, -0.05) is 19.1 Å². The molecule has 1 rings (SSSR count). The maximum absolute atomic E-state index is 8.91. The number of ether oxygens (including phenoxy) is 1. The number of nitrogens with zero attached hydrogens (tertiary/aromatic N) is 1. The number of rotatable bonds is 4. The smallest absolute Gasteiger partial charge is 0.137 e. The molecular weight excluding hydrogens is 208 g/mol. The van der Waals surface area contributed by atoms with Crippen molar-refractivity contribution in [3.63, 3.8) is 0 Å². The second kappa shape index (κ2) is 5.32. The van der Waals surface area contributed by atoms with E-state index in [1.165, 1.54) is 0 Å². The molecule has 0 aliphatic heterocycles. The highest BCUT2D eigenvalue weighted by Gasteiger charge is 2.05. The van der Waals surface area contributed by atoms with Crippen LogP contribution in [0.1, 0.15) is 24.5 Å². The van der Waals surface area contributed by atoms with Crippen molar-refractivity contribution in [2.24, 2.45) is 5.73 Å². The molecule has 3 nitrogen and oxygen atoms in total. The van der Waals surface area contributed by atoms with Crippen LogP contribution in [-0.2, 0) is 0 Å². The zero-order valence-corrected chi connectivity index (χ0v) is 9.30. The summed E-state index contributed by atoms with van der Waals surface area (Å²) in [5.74, 6) is 0.583. The van der Waals surface area contributed by atoms with Gasteiger partial charge in [0.25, 0.3) is 0 Å². The van der Waals surface area contributed by atoms with Crippen molar-refractivity contribution in [2.45, 2.75) is 13.3 Å². The Balaban J connectivity index is 3.00. The van der Waals surface area contributed by atoms with Crippen LogP contribution in [0.2, 0.25) is 0 Å². The number of hydrogen-bond donors (Lipinski definition) is 1. The first-order valence-corrected chi connectivity index (χ1v) is 5.06. The quantitative estimate of drug-likeness (QED) is 0.788. The fourth-order valence-corrected chi connectivity index (χ4v) is 1.24. The molecule has 0 bridgehead atoms. The minimum absolute atomic E-state index is 0.286. The van der Waals surface area contributed by atoms with Crippen LogP contribution in [0.4, 0.5) is 0 Å². The van der Waals surface area contributed by atoms with E-state index in [0.29, 0.717) is 23.5 Å². The predicted octanol–water partition coefficient (Wildman–Crippen LogP) is 1.98. The monoisotopic (exact) mass is 220 g/mol. The Bertz CT molecular complexity index is 410. The number of hydrogen-bond acceptors (Lipinski definition) is 3. The Hall–Kier alpha value is -1.60. The largest absolute Gasteiger partial charge is 0.492 e. The molecule has 0 spiro atoms. The highest BCUT2D eigenvalue weighted by atomic mass is 32.1. The molecule has 15 heavy (non-hydrogen) atoms. The summed E-state index contributed by atoms with van der Waals surface area (Å²) in [4.78, 5) is 0.286. The Morgan fingerprint density at radius 1 is 1.60 bits per heavy atom. The van der Waals surface area contributed by atoms with Crippen LogP contribution in [0.15, 0.2) is 18.2 Å². The van der Waals surface area contributed by atoms with Gasteiger partial charge in [-0.15, -0.1) is 0 Å². The van der Waals surface area contributed by atoms with Crippen molar-refractivity contribution in [3.05, 3.63) is 29.3 Å². The molecule has 78 valence electrons. The molecule has 0 aliphatic carbocycles. The molecule has 0 fully saturated rings. The van der Waals surface area contributed by atoms with Gasteiger partial charge in [0, 0.05) is 5.56 Å². The Morgan fingerprint density at radius 2 is 2.33 bits per heavy atom. The summed E-state index contributed by atoms with van der Waals surface area (Å²) in [7, 11) is 0. The van der Waals surface area contributed by atoms with Gasteiger partial charge < -0.3 is 10.5 Å². The third-order valence-electron chi connectivity index (χ3n) is 1.85. The molecule has 0 heterocycles. The van der Waals surface area contributed by atoms with Gasteiger partial charge in [0.2, 0.25) is 0 Å². The fourth-order valence-electron chi connectivity index (χ4n) is 1.11. The molecule has 0 aromatic heterocycles. The van der Waals surface area contributed by atoms with E-state index in [2.05, 4.69) is 6.07 Å². The van der Waals surface area contributed by atoms with Gasteiger partial charge in [-0.05, 0) is 24.6 Å². The summed E-state index contributed by atoms with van der Waals surface area (Å²) in [6, 6.07) is 7.19. The summed E-state index contributed by atoms with van der Waals surface area (Å²) in [6.45, 7) is 2.61. The van der Waals surface area contributed by atoms with Crippen molar-refractivity contribution >= 4 is 17.2 Å². The lowest BCUT2D eigenvalue weighted by atomic mass is 10.1. The van der Waals surface area contributed by atoms with Gasteiger partial charge in [0.05, 0.1) is 12.2 Å². The highest BCUT2D eigenvalue weighted by Crippen LogP contribution is 2.19. The Kier molecular flexibility index (Phi) is 4.07. The van der Waals surface area contributed by atoms with Crippen molar-refractivity contribution in [2.75, 3.05) is 6.61 Å². The van der Waals surface area contributed by atoms with Crippen LogP contribution in [-0.4, -0.2) is 11.6 Å². The number of benzene rings is 1. The molecule has 0 unspecified atom stereocenters. The maximum Gasteiger partial charge on any atom is 0.137 e. The molecule has 0 radical (unpaired) electrons. The highest BCUT2D eigenvalue weighted by molar-refractivity contribution is 7.80. The molecular formula is C11H12N2OS. The van der Waals surface area contributed by atoms with E-state index in [0.717, 1.165) is 6.42 Å². The van der Waals surface area contributed by atoms with Crippen LogP contribution in [0.3, 0.4) is 0 Å². The number of thiocarbonyl (C=S) groups is 1. The number of nitrogens with two attached hydrogens (primary N) is 1. The average Bonchev–Trinajstić information content (AvgIpc) is 2.25. The lowest BCUT2D eigenvalue weighted by Crippen LogP contribution is -2.09. The average molecular weight is 220 g/mol. The lowest BCUT2D eigenvalue weighted by molar-refractivity contribution is 0.316. The molecule has 0 saturated carbocycles. The van der Waals surface area contributed by atoms with E-state index >= 15 is 0 Å². The van der Waals surface area contributed by atoms with E-state index in [9.17, 15) is 0 Å². The van der Waals surface area contributed by atoms with E-state index in [-0.39, 0.29) is 4.99 Å². The van der Waals surface area contributed by atoms with Gasteiger partial charge in [0.1, 0.15) is 16.8 Å². The standard InChI is InChI=1S/C11H12N2OS/c1-2-5-14-10-4-3-8(11(13)15)6-9(10)7-12/h3-4,6H,2,5H2,1H3,(H2,13,15). The minimum atomic E-state index is 0.286. The summed E-state index contributed by atoms with van der Waals surface area (Å²) < 4.78 is 5.41. The SMILES string of the molecule is CCCOc1ccc(C(N)=S)cc1C#N. The molecule has 0 amide bonds. The first kappa shape index (κ1) is 11.5. The Labute approximate surface area is 94.5 Å². The summed E-state index contributed by atoms with van der Waals surface area (Å²) in [5, 5.41) is 8.91. The van der Waals surface area contributed by atoms with Gasteiger partial charge in [-0.2, -0.15) is 5.26 Å². The van der Waals surface area contributed by atoms with E-state index in [1.54, 1.807) is 18.2 Å². The van der Waals surface area contributed by atoms with Crippen LogP contribution >= 0.6 is 12.2 Å². The summed E-state index contributed by atoms with van der Waals surface area (Å²) >= 11 is 4.83. The van der Waals surface area contributed by atoms with Crippen molar-refractivity contribution in [1.82, 2.24) is 0 Å². The molecule has 0 saturated heterocycles. The van der Waals surface area contributed by atoms with Gasteiger partial charge in [-0.25, -0.2) is 0 Å². The minimum Gasteiger partial charge on any atom is -0.492 e. The molecule has 2 N–H and O–H groups in total. The van der Waals surface area contributed by atoms with E-state index < -0.39 is 0 Å². The van der Waals surface area contributed by atoms with Crippen LogP contribution < -0.4 is 10.5 Å². The zero-order chi connectivity index (χ0) is 11.3. The van der Waals surface area contributed by atoms with E-state index in [1.807, 2.05) is 6.92 Å². The second-order valence-electron chi connectivity index (χ2n) is 3.04. The molecule has 1 aromatic rings. The van der Waals surface area contributed by atoms with Crippen LogP contribution in [0, 0.1) is 11.3 Å². The zero-order valence-electron chi connectivity index (χ0n) is 8.49. The normalized spacial score (nSPS) is 9.33. The summed E-state index contributed by atoms with van der Waals surface area (Å²) in [6.07, 6.45) is 0.905. The van der Waals surface area contributed by atoms with Crippen molar-refractivity contribution < 1.29 is 4.74 Å². The molecule has 1 aromatic carbocycles. The van der Waals surface area contributed by atoms with Crippen LogP contribution in [0.25, 0.3) is 0 Å². The molecule has 0 aliphatic rings. The molecule has 4 heteroatoms. The van der Waals surface area contributed by atoms with Gasteiger partial charge in [0.15, 0.2) is 0 Å².